The molecule has 26 heavy (non-hydrogen) atoms. The van der Waals surface area contributed by atoms with E-state index in [1.54, 1.807) is 6.07 Å². The minimum Gasteiger partial charge on any atom is -0.485 e. The summed E-state index contributed by atoms with van der Waals surface area (Å²) in [5, 5.41) is 5.31. The van der Waals surface area contributed by atoms with Crippen molar-refractivity contribution in [2.45, 2.75) is 20.0 Å². The van der Waals surface area contributed by atoms with Crippen molar-refractivity contribution in [1.82, 2.24) is 4.98 Å². The predicted molar refractivity (Wildman–Crippen MR) is 102 cm³/mol. The van der Waals surface area contributed by atoms with Crippen LogP contribution in [-0.2, 0) is 4.79 Å². The van der Waals surface area contributed by atoms with E-state index in [1.165, 1.54) is 22.5 Å². The smallest absolute Gasteiger partial charge is 0.270 e. The molecule has 0 fully saturated rings. The fourth-order valence-electron chi connectivity index (χ4n) is 2.70. The molecule has 0 saturated carbocycles. The number of amides is 1. The van der Waals surface area contributed by atoms with Gasteiger partial charge < -0.3 is 9.47 Å². The average Bonchev–Trinajstić information content (AvgIpc) is 3.12. The van der Waals surface area contributed by atoms with Crippen LogP contribution in [0.1, 0.15) is 11.1 Å². The monoisotopic (exact) mass is 366 g/mol. The number of aryl methyl sites for hydroxylation is 2. The van der Waals surface area contributed by atoms with Crippen LogP contribution < -0.4 is 14.8 Å². The van der Waals surface area contributed by atoms with Crippen molar-refractivity contribution in [3.63, 3.8) is 0 Å². The van der Waals surface area contributed by atoms with E-state index >= 15 is 0 Å². The molecule has 5 nitrogen and oxygen atoms in total. The van der Waals surface area contributed by atoms with Gasteiger partial charge in [0.25, 0.3) is 5.91 Å². The third-order valence-electron chi connectivity index (χ3n) is 4.34. The number of thiazole rings is 1. The molecule has 0 aliphatic carbocycles. The number of hydrogen-bond donors (Lipinski definition) is 1. The van der Waals surface area contributed by atoms with E-state index in [0.717, 1.165) is 11.3 Å². The van der Waals surface area contributed by atoms with Gasteiger partial charge in [0.1, 0.15) is 6.61 Å². The number of benzene rings is 2. The van der Waals surface area contributed by atoms with Gasteiger partial charge in [0.2, 0.25) is 6.10 Å². The number of anilines is 1. The molecule has 3 aromatic rings. The molecule has 6 heteroatoms. The van der Waals surface area contributed by atoms with Crippen molar-refractivity contribution in [3.8, 4) is 22.8 Å². The Hall–Kier alpha value is -2.86. The molecule has 2 aromatic carbocycles. The number of nitrogens with one attached hydrogen (secondary N) is 1. The van der Waals surface area contributed by atoms with Crippen LogP contribution in [0.15, 0.2) is 47.8 Å². The topological polar surface area (TPSA) is 60.5 Å². The highest BCUT2D eigenvalue weighted by Gasteiger charge is 2.27. The lowest BCUT2D eigenvalue weighted by atomic mass is 10.1. The standard InChI is InChI=1S/C20H18N2O3S/c1-12-7-8-14(9-13(12)2)15-11-26-20(21-15)22-19(23)18-10-24-16-5-3-4-6-17(16)25-18/h3-9,11,18H,10H2,1-2H3,(H,21,22,23). The van der Waals surface area contributed by atoms with Crippen molar-refractivity contribution in [1.29, 1.82) is 0 Å². The van der Waals surface area contributed by atoms with E-state index in [-0.39, 0.29) is 12.5 Å². The van der Waals surface area contributed by atoms with Gasteiger partial charge in [-0.1, -0.05) is 24.3 Å². The maximum atomic E-state index is 12.5. The van der Waals surface area contributed by atoms with Gasteiger partial charge in [-0.25, -0.2) is 4.98 Å². The molecular formula is C20H18N2O3S. The summed E-state index contributed by atoms with van der Waals surface area (Å²) in [6.45, 7) is 4.33. The third kappa shape index (κ3) is 3.28. The Labute approximate surface area is 155 Å². The van der Waals surface area contributed by atoms with Gasteiger partial charge >= 0.3 is 0 Å². The molecule has 1 aliphatic heterocycles. The molecule has 1 unspecified atom stereocenters. The summed E-state index contributed by atoms with van der Waals surface area (Å²) >= 11 is 1.39. The second-order valence-electron chi connectivity index (χ2n) is 6.19. The zero-order valence-corrected chi connectivity index (χ0v) is 15.3. The minimum absolute atomic E-state index is 0.179. The number of carbonyl (C=O) groups excluding carboxylic acids is 1. The summed E-state index contributed by atoms with van der Waals surface area (Å²) in [7, 11) is 0. The van der Waals surface area contributed by atoms with Crippen LogP contribution in [0.25, 0.3) is 11.3 Å². The Morgan fingerprint density at radius 3 is 2.77 bits per heavy atom. The number of para-hydroxylation sites is 2. The Morgan fingerprint density at radius 1 is 1.15 bits per heavy atom. The summed E-state index contributed by atoms with van der Waals surface area (Å²) in [6, 6.07) is 13.5. The molecule has 1 atom stereocenters. The highest BCUT2D eigenvalue weighted by Crippen LogP contribution is 2.31. The molecule has 1 amide bonds. The number of fused-ring (bicyclic) bond motifs is 1. The van der Waals surface area contributed by atoms with E-state index in [0.29, 0.717) is 16.6 Å². The fraction of sp³-hybridized carbons (Fsp3) is 0.200. The van der Waals surface area contributed by atoms with Crippen molar-refractivity contribution in [2.75, 3.05) is 11.9 Å². The van der Waals surface area contributed by atoms with Gasteiger partial charge in [-0.3, -0.25) is 10.1 Å². The van der Waals surface area contributed by atoms with Gasteiger partial charge in [0.05, 0.1) is 5.69 Å². The highest BCUT2D eigenvalue weighted by atomic mass is 32.1. The first-order valence-corrected chi connectivity index (χ1v) is 9.20. The lowest BCUT2D eigenvalue weighted by Gasteiger charge is -2.25. The van der Waals surface area contributed by atoms with Gasteiger partial charge in [-0.2, -0.15) is 0 Å². The number of hydrogen-bond acceptors (Lipinski definition) is 5. The molecule has 1 N–H and O–H groups in total. The maximum Gasteiger partial charge on any atom is 0.270 e. The minimum atomic E-state index is -0.695. The first-order valence-electron chi connectivity index (χ1n) is 8.32. The van der Waals surface area contributed by atoms with Crippen LogP contribution in [0.4, 0.5) is 5.13 Å². The molecule has 4 rings (SSSR count). The summed E-state index contributed by atoms with van der Waals surface area (Å²) < 4.78 is 11.3. The van der Waals surface area contributed by atoms with Gasteiger partial charge in [0.15, 0.2) is 16.6 Å². The Kier molecular flexibility index (Phi) is 4.34. The summed E-state index contributed by atoms with van der Waals surface area (Å²) in [5.41, 5.74) is 4.34. The maximum absolute atomic E-state index is 12.5. The van der Waals surface area contributed by atoms with Crippen LogP contribution in [-0.4, -0.2) is 23.6 Å². The summed E-state index contributed by atoms with van der Waals surface area (Å²) in [4.78, 5) is 17.0. The van der Waals surface area contributed by atoms with E-state index in [1.807, 2.05) is 29.6 Å². The first-order chi connectivity index (χ1) is 12.6. The lowest BCUT2D eigenvalue weighted by molar-refractivity contribution is -0.125. The van der Waals surface area contributed by atoms with Gasteiger partial charge in [-0.05, 0) is 43.2 Å². The quantitative estimate of drug-likeness (QED) is 0.754. The summed E-state index contributed by atoms with van der Waals surface area (Å²) in [5.74, 6) is 0.970. The van der Waals surface area contributed by atoms with Crippen molar-refractivity contribution in [2.24, 2.45) is 0 Å². The van der Waals surface area contributed by atoms with Crippen molar-refractivity contribution >= 4 is 22.4 Å². The second kappa shape index (κ2) is 6.80. The van der Waals surface area contributed by atoms with Crippen LogP contribution in [0.5, 0.6) is 11.5 Å². The van der Waals surface area contributed by atoms with Crippen molar-refractivity contribution in [3.05, 3.63) is 59.0 Å². The highest BCUT2D eigenvalue weighted by molar-refractivity contribution is 7.14. The third-order valence-corrected chi connectivity index (χ3v) is 5.10. The molecule has 2 heterocycles. The first kappa shape index (κ1) is 16.6. The molecule has 0 bridgehead atoms. The predicted octanol–water partition coefficient (Wildman–Crippen LogP) is 4.21. The Balaban J connectivity index is 1.46. The van der Waals surface area contributed by atoms with Crippen LogP contribution in [0.2, 0.25) is 0 Å². The number of rotatable bonds is 3. The van der Waals surface area contributed by atoms with E-state index in [4.69, 9.17) is 9.47 Å². The number of ether oxygens (including phenoxy) is 2. The second-order valence-corrected chi connectivity index (χ2v) is 7.05. The normalized spacial score (nSPS) is 15.5. The number of nitrogens with zero attached hydrogens (tertiary/aromatic N) is 1. The molecular weight excluding hydrogens is 348 g/mol. The average molecular weight is 366 g/mol. The molecule has 1 aromatic heterocycles. The molecule has 132 valence electrons. The zero-order valence-electron chi connectivity index (χ0n) is 14.5. The van der Waals surface area contributed by atoms with Crippen LogP contribution in [0, 0.1) is 13.8 Å². The van der Waals surface area contributed by atoms with E-state index < -0.39 is 6.10 Å². The van der Waals surface area contributed by atoms with Gasteiger partial charge in [0, 0.05) is 10.9 Å². The molecule has 0 radical (unpaired) electrons. The van der Waals surface area contributed by atoms with Crippen LogP contribution >= 0.6 is 11.3 Å². The SMILES string of the molecule is Cc1ccc(-c2csc(NC(=O)C3COc4ccccc4O3)n2)cc1C. The largest absolute Gasteiger partial charge is 0.485 e. The lowest BCUT2D eigenvalue weighted by Crippen LogP contribution is -2.40. The molecule has 0 saturated heterocycles. The Morgan fingerprint density at radius 2 is 1.96 bits per heavy atom. The van der Waals surface area contributed by atoms with Crippen molar-refractivity contribution < 1.29 is 14.3 Å². The molecule has 0 spiro atoms. The number of carbonyl (C=O) groups is 1. The number of aromatic nitrogens is 1. The van der Waals surface area contributed by atoms with Gasteiger partial charge in [-0.15, -0.1) is 11.3 Å². The molecule has 1 aliphatic rings. The van der Waals surface area contributed by atoms with E-state index in [9.17, 15) is 4.79 Å². The fourth-order valence-corrected chi connectivity index (χ4v) is 3.42. The Bertz CT molecular complexity index is 967. The van der Waals surface area contributed by atoms with Crippen LogP contribution in [0.3, 0.4) is 0 Å². The van der Waals surface area contributed by atoms with E-state index in [2.05, 4.69) is 36.3 Å². The zero-order chi connectivity index (χ0) is 18.1. The summed E-state index contributed by atoms with van der Waals surface area (Å²) in [6.07, 6.45) is -0.695.